The van der Waals surface area contributed by atoms with Crippen molar-refractivity contribution < 1.29 is 4.74 Å². The maximum Gasteiger partial charge on any atom is 0.128 e. The van der Waals surface area contributed by atoms with Gasteiger partial charge < -0.3 is 10.1 Å². The Bertz CT molecular complexity index is 628. The Balaban J connectivity index is 2.18. The molecule has 0 saturated heterocycles. The summed E-state index contributed by atoms with van der Waals surface area (Å²) in [6.45, 7) is 7.26. The number of hydrogen-bond acceptors (Lipinski definition) is 2. The maximum atomic E-state index is 5.92. The van der Waals surface area contributed by atoms with Gasteiger partial charge in [0.05, 0.1) is 0 Å². The molecule has 0 amide bonds. The van der Waals surface area contributed by atoms with Gasteiger partial charge in [-0.15, -0.1) is 0 Å². The lowest BCUT2D eigenvalue weighted by molar-refractivity contribution is 0.481. The topological polar surface area (TPSA) is 21.3 Å². The van der Waals surface area contributed by atoms with Crippen molar-refractivity contribution in [1.82, 2.24) is 5.32 Å². The first kappa shape index (κ1) is 16.5. The van der Waals surface area contributed by atoms with E-state index >= 15 is 0 Å². The first-order valence-electron chi connectivity index (χ1n) is 6.98. The van der Waals surface area contributed by atoms with E-state index in [1.165, 1.54) is 5.56 Å². The van der Waals surface area contributed by atoms with Crippen LogP contribution in [-0.2, 0) is 0 Å². The summed E-state index contributed by atoms with van der Waals surface area (Å²) in [5.41, 5.74) is 2.39. The fraction of sp³-hybridized carbons (Fsp3) is 0.294. The average molecular weight is 413 g/mol. The number of aryl methyl sites for hydroxylation is 1. The van der Waals surface area contributed by atoms with Crippen LogP contribution in [0, 0.1) is 6.92 Å². The minimum Gasteiger partial charge on any atom is -0.457 e. The molecule has 2 nitrogen and oxygen atoms in total. The van der Waals surface area contributed by atoms with E-state index in [0.717, 1.165) is 32.6 Å². The molecule has 4 heteroatoms. The highest BCUT2D eigenvalue weighted by Gasteiger charge is 2.09. The molecule has 21 heavy (non-hydrogen) atoms. The summed E-state index contributed by atoms with van der Waals surface area (Å²) < 4.78 is 8.06. The zero-order valence-electron chi connectivity index (χ0n) is 12.4. The van der Waals surface area contributed by atoms with Crippen molar-refractivity contribution in [3.05, 3.63) is 56.5 Å². The zero-order valence-corrected chi connectivity index (χ0v) is 15.6. The number of hydrogen-bond donors (Lipinski definition) is 1. The lowest BCUT2D eigenvalue weighted by Gasteiger charge is -2.16. The van der Waals surface area contributed by atoms with Crippen LogP contribution in [0.2, 0.25) is 0 Å². The van der Waals surface area contributed by atoms with Gasteiger partial charge in [-0.1, -0.05) is 44.8 Å². The summed E-state index contributed by atoms with van der Waals surface area (Å²) in [7, 11) is 0. The fourth-order valence-electron chi connectivity index (χ4n) is 2.16. The average Bonchev–Trinajstić information content (AvgIpc) is 2.43. The minimum atomic E-state index is 0.313. The van der Waals surface area contributed by atoms with Gasteiger partial charge in [-0.25, -0.2) is 0 Å². The third-order valence-corrected chi connectivity index (χ3v) is 4.89. The first-order valence-corrected chi connectivity index (χ1v) is 8.56. The second-order valence-corrected chi connectivity index (χ2v) is 6.68. The summed E-state index contributed by atoms with van der Waals surface area (Å²) in [5, 5.41) is 3.41. The Morgan fingerprint density at radius 3 is 2.33 bits per heavy atom. The van der Waals surface area contributed by atoms with E-state index in [1.54, 1.807) is 0 Å². The lowest BCUT2D eigenvalue weighted by atomic mass is 10.1. The quantitative estimate of drug-likeness (QED) is 0.651. The predicted octanol–water partition coefficient (Wildman–Crippen LogP) is 5.98. The Morgan fingerprint density at radius 1 is 1.05 bits per heavy atom. The highest BCUT2D eigenvalue weighted by atomic mass is 79.9. The van der Waals surface area contributed by atoms with Crippen LogP contribution in [0.4, 0.5) is 0 Å². The van der Waals surface area contributed by atoms with Crippen LogP contribution in [0.15, 0.2) is 45.3 Å². The van der Waals surface area contributed by atoms with Gasteiger partial charge in [-0.2, -0.15) is 0 Å². The van der Waals surface area contributed by atoms with Crippen LogP contribution in [0.3, 0.4) is 0 Å². The van der Waals surface area contributed by atoms with Crippen LogP contribution in [0.25, 0.3) is 0 Å². The molecule has 112 valence electrons. The van der Waals surface area contributed by atoms with Crippen LogP contribution in [-0.4, -0.2) is 6.54 Å². The van der Waals surface area contributed by atoms with Crippen molar-refractivity contribution in [2.24, 2.45) is 0 Å². The van der Waals surface area contributed by atoms with Crippen molar-refractivity contribution in [3.63, 3.8) is 0 Å². The van der Waals surface area contributed by atoms with E-state index in [-0.39, 0.29) is 0 Å². The highest BCUT2D eigenvalue weighted by Crippen LogP contribution is 2.31. The van der Waals surface area contributed by atoms with E-state index in [9.17, 15) is 0 Å². The third kappa shape index (κ3) is 4.31. The Labute approximate surface area is 143 Å². The molecule has 0 radical (unpaired) electrons. The van der Waals surface area contributed by atoms with Gasteiger partial charge in [-0.3, -0.25) is 0 Å². The number of nitrogens with one attached hydrogen (secondary N) is 1. The SMILES string of the molecule is CCNC(C)c1ccc(Oc2ccc(Br)c(C)c2)cc1Br. The minimum absolute atomic E-state index is 0.313. The van der Waals surface area contributed by atoms with Crippen LogP contribution < -0.4 is 10.1 Å². The fourth-order valence-corrected chi connectivity index (χ4v) is 3.10. The van der Waals surface area contributed by atoms with Crippen LogP contribution >= 0.6 is 31.9 Å². The van der Waals surface area contributed by atoms with E-state index in [4.69, 9.17) is 4.74 Å². The smallest absolute Gasteiger partial charge is 0.128 e. The molecule has 2 rings (SSSR count). The molecule has 0 bridgehead atoms. The molecule has 1 unspecified atom stereocenters. The lowest BCUT2D eigenvalue weighted by Crippen LogP contribution is -2.17. The highest BCUT2D eigenvalue weighted by molar-refractivity contribution is 9.10. The number of rotatable bonds is 5. The molecule has 0 aliphatic rings. The van der Waals surface area contributed by atoms with E-state index in [0.29, 0.717) is 6.04 Å². The Hall–Kier alpha value is -0.840. The van der Waals surface area contributed by atoms with Crippen molar-refractivity contribution in [1.29, 1.82) is 0 Å². The molecule has 2 aromatic rings. The van der Waals surface area contributed by atoms with Crippen molar-refractivity contribution in [3.8, 4) is 11.5 Å². The first-order chi connectivity index (χ1) is 10.0. The van der Waals surface area contributed by atoms with Gasteiger partial charge in [0.15, 0.2) is 0 Å². The Morgan fingerprint density at radius 2 is 1.71 bits per heavy atom. The van der Waals surface area contributed by atoms with Crippen molar-refractivity contribution >= 4 is 31.9 Å². The van der Waals surface area contributed by atoms with E-state index in [1.807, 2.05) is 37.3 Å². The molecule has 2 aromatic carbocycles. The largest absolute Gasteiger partial charge is 0.457 e. The predicted molar refractivity (Wildman–Crippen MR) is 95.2 cm³/mol. The normalized spacial score (nSPS) is 12.2. The Kier molecular flexibility index (Phi) is 5.85. The summed E-state index contributed by atoms with van der Waals surface area (Å²) in [6, 6.07) is 12.4. The van der Waals surface area contributed by atoms with Crippen LogP contribution in [0.1, 0.15) is 31.0 Å². The van der Waals surface area contributed by atoms with E-state index in [2.05, 4.69) is 57.1 Å². The molecule has 1 atom stereocenters. The summed E-state index contributed by atoms with van der Waals surface area (Å²) >= 11 is 7.13. The molecule has 0 spiro atoms. The molecule has 0 aromatic heterocycles. The zero-order chi connectivity index (χ0) is 15.4. The molecule has 0 aliphatic heterocycles. The second-order valence-electron chi connectivity index (χ2n) is 4.98. The van der Waals surface area contributed by atoms with E-state index < -0.39 is 0 Å². The van der Waals surface area contributed by atoms with Gasteiger partial charge in [0.2, 0.25) is 0 Å². The van der Waals surface area contributed by atoms with Gasteiger partial charge in [0, 0.05) is 15.0 Å². The monoisotopic (exact) mass is 411 g/mol. The van der Waals surface area contributed by atoms with Crippen molar-refractivity contribution in [2.45, 2.75) is 26.8 Å². The van der Waals surface area contributed by atoms with Gasteiger partial charge in [-0.05, 0) is 61.9 Å². The summed E-state index contributed by atoms with van der Waals surface area (Å²) in [5.74, 6) is 1.67. The molecular formula is C17H19Br2NO. The van der Waals surface area contributed by atoms with Gasteiger partial charge in [0.25, 0.3) is 0 Å². The molecule has 0 aliphatic carbocycles. The van der Waals surface area contributed by atoms with Gasteiger partial charge >= 0.3 is 0 Å². The van der Waals surface area contributed by atoms with Crippen molar-refractivity contribution in [2.75, 3.05) is 6.54 Å². The molecule has 0 heterocycles. The van der Waals surface area contributed by atoms with Gasteiger partial charge in [0.1, 0.15) is 11.5 Å². The molecular weight excluding hydrogens is 394 g/mol. The summed E-state index contributed by atoms with van der Waals surface area (Å²) in [4.78, 5) is 0. The summed E-state index contributed by atoms with van der Waals surface area (Å²) in [6.07, 6.45) is 0. The number of benzene rings is 2. The molecule has 1 N–H and O–H groups in total. The third-order valence-electron chi connectivity index (χ3n) is 3.31. The molecule has 0 saturated carbocycles. The maximum absolute atomic E-state index is 5.92. The second kappa shape index (κ2) is 7.43. The number of ether oxygens (including phenoxy) is 1. The van der Waals surface area contributed by atoms with Crippen LogP contribution in [0.5, 0.6) is 11.5 Å². The number of halogens is 2. The standard InChI is InChI=1S/C17H19Br2NO/c1-4-20-12(3)15-7-5-14(10-17(15)19)21-13-6-8-16(18)11(2)9-13/h5-10,12,20H,4H2,1-3H3. The molecule has 0 fully saturated rings.